The highest BCUT2D eigenvalue weighted by Crippen LogP contribution is 2.33. The van der Waals surface area contributed by atoms with Gasteiger partial charge < -0.3 is 24.3 Å². The van der Waals surface area contributed by atoms with Crippen LogP contribution in [-0.2, 0) is 22.6 Å². The Kier molecular flexibility index (Phi) is 10.4. The molecule has 4 aromatic rings. The average Bonchev–Trinajstić information content (AvgIpc) is 3.23. The van der Waals surface area contributed by atoms with E-state index in [0.29, 0.717) is 46.6 Å². The van der Waals surface area contributed by atoms with E-state index in [1.165, 1.54) is 12.1 Å². The summed E-state index contributed by atoms with van der Waals surface area (Å²) in [5.41, 5.74) is 2.98. The maximum Gasteiger partial charge on any atom is 0.323 e. The van der Waals surface area contributed by atoms with Crippen molar-refractivity contribution >= 4 is 35.0 Å². The molecule has 7 nitrogen and oxygen atoms in total. The number of hydrogen-bond acceptors (Lipinski definition) is 4. The van der Waals surface area contributed by atoms with Crippen molar-refractivity contribution in [2.45, 2.75) is 32.7 Å². The third-order valence-corrected chi connectivity index (χ3v) is 6.82. The van der Waals surface area contributed by atoms with Crippen LogP contribution in [0.25, 0.3) is 23.1 Å². The number of hydrogen-bond donors (Lipinski definition) is 2. The van der Waals surface area contributed by atoms with Gasteiger partial charge in [-0.05, 0) is 72.9 Å². The van der Waals surface area contributed by atoms with Crippen molar-refractivity contribution in [3.05, 3.63) is 106 Å². The van der Waals surface area contributed by atoms with Gasteiger partial charge >= 0.3 is 11.9 Å². The Morgan fingerprint density at radius 1 is 0.841 bits per heavy atom. The summed E-state index contributed by atoms with van der Waals surface area (Å²) in [7, 11) is 0. The van der Waals surface area contributed by atoms with Crippen LogP contribution in [0.1, 0.15) is 35.2 Å². The molecule has 0 bridgehead atoms. The first kappa shape index (κ1) is 31.9. The van der Waals surface area contributed by atoms with Crippen molar-refractivity contribution in [2.24, 2.45) is 0 Å². The standard InChI is InChI=1S/C33H29F4NO6/c1-20-25(5-4-6-29(39)40)31-26(35)14-11-22(32(31)38(20)19-30(41)42)10-7-21-8-12-24(13-9-21)43-15-2-3-16-44-33-27(36)17-23(34)18-28(33)37/h2-3,7-14,17-18H,4-6,15-16,19H2,1H3,(H,39,40)(H,41,42). The fourth-order valence-corrected chi connectivity index (χ4v) is 4.80. The molecule has 1 heterocycles. The van der Waals surface area contributed by atoms with E-state index in [-0.39, 0.29) is 38.0 Å². The fraction of sp³-hybridized carbons (Fsp3) is 0.212. The number of rotatable bonds is 14. The molecule has 0 amide bonds. The number of benzene rings is 3. The molecule has 0 unspecified atom stereocenters. The van der Waals surface area contributed by atoms with Crippen molar-refractivity contribution in [1.29, 1.82) is 0 Å². The molecule has 0 aliphatic rings. The number of carboxylic acids is 2. The van der Waals surface area contributed by atoms with Crippen molar-refractivity contribution in [3.8, 4) is 11.5 Å². The van der Waals surface area contributed by atoms with Crippen molar-refractivity contribution in [3.63, 3.8) is 0 Å². The topological polar surface area (TPSA) is 98.0 Å². The zero-order valence-corrected chi connectivity index (χ0v) is 23.7. The molecule has 0 radical (unpaired) electrons. The summed E-state index contributed by atoms with van der Waals surface area (Å²) < 4.78 is 67.4. The number of ether oxygens (including phenoxy) is 2. The number of halogens is 4. The van der Waals surface area contributed by atoms with Crippen LogP contribution in [0, 0.1) is 30.2 Å². The smallest absolute Gasteiger partial charge is 0.323 e. The van der Waals surface area contributed by atoms with E-state index >= 15 is 4.39 Å². The van der Waals surface area contributed by atoms with E-state index in [9.17, 15) is 27.9 Å². The highest BCUT2D eigenvalue weighted by atomic mass is 19.1. The van der Waals surface area contributed by atoms with Crippen LogP contribution in [0.2, 0.25) is 0 Å². The molecular formula is C33H29F4NO6. The molecule has 44 heavy (non-hydrogen) atoms. The summed E-state index contributed by atoms with van der Waals surface area (Å²) in [4.78, 5) is 22.6. The second-order valence-electron chi connectivity index (χ2n) is 9.85. The Morgan fingerprint density at radius 3 is 2.14 bits per heavy atom. The molecule has 0 spiro atoms. The maximum absolute atomic E-state index is 15.1. The first-order valence-electron chi connectivity index (χ1n) is 13.6. The minimum atomic E-state index is -1.13. The molecule has 11 heteroatoms. The molecule has 0 aliphatic carbocycles. The molecule has 4 rings (SSSR count). The van der Waals surface area contributed by atoms with E-state index in [2.05, 4.69) is 0 Å². The largest absolute Gasteiger partial charge is 0.490 e. The Morgan fingerprint density at radius 2 is 1.50 bits per heavy atom. The SMILES string of the molecule is Cc1c(CCCC(=O)O)c2c(F)ccc(C=Cc3ccc(OCC=CCOc4c(F)cc(F)cc4F)cc3)c2n1CC(=O)O. The molecule has 0 saturated carbocycles. The third kappa shape index (κ3) is 7.85. The van der Waals surface area contributed by atoms with Crippen LogP contribution in [0.4, 0.5) is 17.6 Å². The second-order valence-corrected chi connectivity index (χ2v) is 9.85. The Balaban J connectivity index is 1.43. The molecule has 0 aliphatic heterocycles. The van der Waals surface area contributed by atoms with E-state index in [0.717, 1.165) is 5.56 Å². The number of aromatic nitrogens is 1. The lowest BCUT2D eigenvalue weighted by atomic mass is 10.0. The molecule has 3 aromatic carbocycles. The molecule has 230 valence electrons. The third-order valence-electron chi connectivity index (χ3n) is 6.82. The Labute approximate surface area is 250 Å². The van der Waals surface area contributed by atoms with Crippen LogP contribution < -0.4 is 9.47 Å². The molecule has 0 saturated heterocycles. The summed E-state index contributed by atoms with van der Waals surface area (Å²) in [6.45, 7) is 1.33. The molecule has 2 N–H and O–H groups in total. The van der Waals surface area contributed by atoms with Gasteiger partial charge in [0.2, 0.25) is 0 Å². The fourth-order valence-electron chi connectivity index (χ4n) is 4.80. The highest BCUT2D eigenvalue weighted by Gasteiger charge is 2.21. The van der Waals surface area contributed by atoms with Crippen molar-refractivity contribution in [2.75, 3.05) is 13.2 Å². The number of aryl methyl sites for hydroxylation is 1. The predicted molar refractivity (Wildman–Crippen MR) is 157 cm³/mol. The summed E-state index contributed by atoms with van der Waals surface area (Å²) >= 11 is 0. The van der Waals surface area contributed by atoms with Gasteiger partial charge in [-0.1, -0.05) is 24.3 Å². The number of carboxylic acid groups (broad SMARTS) is 2. The molecule has 0 fully saturated rings. The van der Waals surface area contributed by atoms with Gasteiger partial charge in [0.15, 0.2) is 17.4 Å². The summed E-state index contributed by atoms with van der Waals surface area (Å²) in [5, 5.41) is 18.8. The molecular weight excluding hydrogens is 582 g/mol. The van der Waals surface area contributed by atoms with Crippen LogP contribution >= 0.6 is 0 Å². The van der Waals surface area contributed by atoms with Gasteiger partial charge in [0, 0.05) is 29.6 Å². The summed E-state index contributed by atoms with van der Waals surface area (Å²) in [5.74, 6) is -5.97. The van der Waals surface area contributed by atoms with E-state index < -0.39 is 41.0 Å². The van der Waals surface area contributed by atoms with Gasteiger partial charge in [0.1, 0.15) is 37.1 Å². The highest BCUT2D eigenvalue weighted by molar-refractivity contribution is 5.95. The monoisotopic (exact) mass is 611 g/mol. The van der Waals surface area contributed by atoms with Gasteiger partial charge in [0.05, 0.1) is 5.52 Å². The number of aliphatic carboxylic acids is 2. The zero-order chi connectivity index (χ0) is 31.8. The minimum Gasteiger partial charge on any atom is -0.490 e. The Bertz CT molecular complexity index is 1700. The van der Waals surface area contributed by atoms with Crippen molar-refractivity contribution in [1.82, 2.24) is 4.57 Å². The second kappa shape index (κ2) is 14.4. The van der Waals surface area contributed by atoms with Crippen LogP contribution in [-0.4, -0.2) is 39.9 Å². The quantitative estimate of drug-likeness (QED) is 0.0891. The van der Waals surface area contributed by atoms with Gasteiger partial charge in [-0.2, -0.15) is 0 Å². The first-order chi connectivity index (χ1) is 21.0. The van der Waals surface area contributed by atoms with Crippen molar-refractivity contribution < 1.29 is 46.8 Å². The normalized spacial score (nSPS) is 11.6. The first-order valence-corrected chi connectivity index (χ1v) is 13.6. The predicted octanol–water partition coefficient (Wildman–Crippen LogP) is 7.18. The summed E-state index contributed by atoms with van der Waals surface area (Å²) in [6.07, 6.45) is 7.14. The molecule has 1 aromatic heterocycles. The maximum atomic E-state index is 15.1. The van der Waals surface area contributed by atoms with Gasteiger partial charge in [-0.15, -0.1) is 0 Å². The number of carbonyl (C=O) groups is 2. The number of fused-ring (bicyclic) bond motifs is 1. The van der Waals surface area contributed by atoms with Crippen LogP contribution in [0.5, 0.6) is 11.5 Å². The Hall–Kier alpha value is -5.06. The summed E-state index contributed by atoms with van der Waals surface area (Å²) in [6, 6.07) is 11.0. The van der Waals surface area contributed by atoms with E-state index in [1.807, 2.05) is 0 Å². The van der Waals surface area contributed by atoms with Crippen LogP contribution in [0.15, 0.2) is 60.7 Å². The lowest BCUT2D eigenvalue weighted by Crippen LogP contribution is -2.10. The van der Waals surface area contributed by atoms with E-state index in [4.69, 9.17) is 14.6 Å². The van der Waals surface area contributed by atoms with Gasteiger partial charge in [0.25, 0.3) is 0 Å². The number of nitrogens with zero attached hydrogens (tertiary/aromatic N) is 1. The van der Waals surface area contributed by atoms with Crippen LogP contribution in [0.3, 0.4) is 0 Å². The van der Waals surface area contributed by atoms with Gasteiger partial charge in [-0.3, -0.25) is 9.59 Å². The van der Waals surface area contributed by atoms with E-state index in [1.54, 1.807) is 60.1 Å². The lowest BCUT2D eigenvalue weighted by Gasteiger charge is -2.08. The average molecular weight is 612 g/mol. The molecule has 0 atom stereocenters. The lowest BCUT2D eigenvalue weighted by molar-refractivity contribution is -0.138. The van der Waals surface area contributed by atoms with Gasteiger partial charge in [-0.25, -0.2) is 17.6 Å². The zero-order valence-electron chi connectivity index (χ0n) is 23.7. The minimum absolute atomic E-state index is 0.0867.